The Kier molecular flexibility index (Phi) is 12.0. The summed E-state index contributed by atoms with van der Waals surface area (Å²) in [5, 5.41) is 0. The number of rotatable bonds is 12. The van der Waals surface area contributed by atoms with E-state index >= 15 is 0 Å². The number of aryl methyl sites for hydroxylation is 1. The fourth-order valence-electron chi connectivity index (χ4n) is 3.03. The van der Waals surface area contributed by atoms with Crippen LogP contribution in [0.25, 0.3) is 0 Å². The van der Waals surface area contributed by atoms with Gasteiger partial charge in [-0.25, -0.2) is 0 Å². The highest BCUT2D eigenvalue weighted by molar-refractivity contribution is 7.85. The minimum Gasteiger partial charge on any atom is -0.344 e. The molecule has 1 rings (SSSR count). The van der Waals surface area contributed by atoms with Gasteiger partial charge in [0.05, 0.1) is 4.90 Å². The van der Waals surface area contributed by atoms with Gasteiger partial charge in [0.1, 0.15) is 0 Å². The zero-order chi connectivity index (χ0) is 17.1. The van der Waals surface area contributed by atoms with Gasteiger partial charge in [-0.05, 0) is 37.0 Å². The first-order valence-electron chi connectivity index (χ1n) is 9.02. The lowest BCUT2D eigenvalue weighted by Crippen LogP contribution is -2.05. The maximum Gasteiger partial charge on any atom is 0.294 e. The number of hydrogen-bond donors (Lipinski definition) is 2. The van der Waals surface area contributed by atoms with E-state index in [1.165, 1.54) is 57.4 Å². The van der Waals surface area contributed by atoms with E-state index in [2.05, 4.69) is 6.92 Å². The van der Waals surface area contributed by atoms with Crippen LogP contribution in [-0.4, -0.2) is 13.0 Å². The van der Waals surface area contributed by atoms with E-state index in [9.17, 15) is 13.0 Å². The topological polar surface area (TPSA) is 89.4 Å². The Labute approximate surface area is 148 Å². The Morgan fingerprint density at radius 1 is 0.875 bits per heavy atom. The molecule has 4 nitrogen and oxygen atoms in total. The van der Waals surface area contributed by atoms with E-state index in [0.717, 1.165) is 30.4 Å². The van der Waals surface area contributed by atoms with Gasteiger partial charge in [-0.2, -0.15) is 8.42 Å². The highest BCUT2D eigenvalue weighted by Gasteiger charge is 2.16. The standard InChI is InChI=1S/C19H32O3S.H3N/c1-3-4-5-6-7-8-9-10-11-12-15-18-17(2)14-13-16-19(18)23(20,21)22;/h13-14,16H,3-12,15H2,1-2H3,(H,20,21,22);1H3. The van der Waals surface area contributed by atoms with Gasteiger partial charge in [0.15, 0.2) is 0 Å². The van der Waals surface area contributed by atoms with E-state index in [4.69, 9.17) is 0 Å². The lowest BCUT2D eigenvalue weighted by atomic mass is 10.0. The average molecular weight is 358 g/mol. The third-order valence-electron chi connectivity index (χ3n) is 4.43. The number of benzene rings is 1. The molecule has 0 fully saturated rings. The molecule has 0 saturated heterocycles. The van der Waals surface area contributed by atoms with Crippen LogP contribution in [0.1, 0.15) is 82.3 Å². The third kappa shape index (κ3) is 8.81. The molecule has 0 aromatic heterocycles. The van der Waals surface area contributed by atoms with Crippen molar-refractivity contribution in [2.75, 3.05) is 0 Å². The summed E-state index contributed by atoms with van der Waals surface area (Å²) in [5.74, 6) is 0. The molecule has 0 radical (unpaired) electrons. The summed E-state index contributed by atoms with van der Waals surface area (Å²) >= 11 is 0. The average Bonchev–Trinajstić information content (AvgIpc) is 2.49. The molecule has 0 atom stereocenters. The highest BCUT2D eigenvalue weighted by atomic mass is 32.2. The van der Waals surface area contributed by atoms with Crippen molar-refractivity contribution < 1.29 is 13.0 Å². The van der Waals surface area contributed by atoms with Gasteiger partial charge in [0.2, 0.25) is 0 Å². The first kappa shape index (κ1) is 23.1. The fraction of sp³-hybridized carbons (Fsp3) is 0.684. The van der Waals surface area contributed by atoms with E-state index in [-0.39, 0.29) is 11.0 Å². The summed E-state index contributed by atoms with van der Waals surface area (Å²) in [6.07, 6.45) is 13.3. The van der Waals surface area contributed by atoms with Crippen molar-refractivity contribution in [3.8, 4) is 0 Å². The molecule has 0 spiro atoms. The van der Waals surface area contributed by atoms with Crippen molar-refractivity contribution >= 4 is 10.1 Å². The monoisotopic (exact) mass is 357 g/mol. The molecular weight excluding hydrogens is 322 g/mol. The van der Waals surface area contributed by atoms with Crippen LogP contribution in [0.2, 0.25) is 0 Å². The molecule has 140 valence electrons. The van der Waals surface area contributed by atoms with Crippen molar-refractivity contribution in [1.29, 1.82) is 0 Å². The summed E-state index contributed by atoms with van der Waals surface area (Å²) in [5.41, 5.74) is 1.71. The van der Waals surface area contributed by atoms with Crippen LogP contribution in [0.4, 0.5) is 0 Å². The van der Waals surface area contributed by atoms with Crippen molar-refractivity contribution in [1.82, 2.24) is 6.15 Å². The van der Waals surface area contributed by atoms with E-state index in [0.29, 0.717) is 0 Å². The summed E-state index contributed by atoms with van der Waals surface area (Å²) in [6.45, 7) is 4.14. The van der Waals surface area contributed by atoms with Gasteiger partial charge in [0.25, 0.3) is 10.1 Å². The summed E-state index contributed by atoms with van der Waals surface area (Å²) in [6, 6.07) is 5.08. The van der Waals surface area contributed by atoms with Crippen LogP contribution < -0.4 is 6.15 Å². The van der Waals surface area contributed by atoms with Gasteiger partial charge in [-0.3, -0.25) is 4.55 Å². The second-order valence-corrected chi connectivity index (χ2v) is 7.85. The molecule has 0 aliphatic heterocycles. The van der Waals surface area contributed by atoms with Crippen molar-refractivity contribution in [3.63, 3.8) is 0 Å². The predicted octanol–water partition coefficient (Wildman–Crippen LogP) is 5.87. The van der Waals surface area contributed by atoms with E-state index in [1.54, 1.807) is 6.07 Å². The van der Waals surface area contributed by atoms with Crippen LogP contribution in [0.3, 0.4) is 0 Å². The summed E-state index contributed by atoms with van der Waals surface area (Å²) < 4.78 is 32.2. The Balaban J connectivity index is 0.00000529. The molecule has 1 aromatic rings. The van der Waals surface area contributed by atoms with E-state index < -0.39 is 10.1 Å². The van der Waals surface area contributed by atoms with Crippen molar-refractivity contribution in [2.24, 2.45) is 0 Å². The molecule has 0 bridgehead atoms. The molecule has 0 aliphatic carbocycles. The lowest BCUT2D eigenvalue weighted by Gasteiger charge is -2.10. The summed E-state index contributed by atoms with van der Waals surface area (Å²) in [7, 11) is -4.12. The van der Waals surface area contributed by atoms with Crippen LogP contribution in [-0.2, 0) is 16.5 Å². The second-order valence-electron chi connectivity index (χ2n) is 6.46. The molecule has 1 aromatic carbocycles. The minimum atomic E-state index is -4.12. The first-order valence-corrected chi connectivity index (χ1v) is 10.5. The van der Waals surface area contributed by atoms with Crippen LogP contribution >= 0.6 is 0 Å². The lowest BCUT2D eigenvalue weighted by molar-refractivity contribution is 0.481. The maximum atomic E-state index is 11.4. The Morgan fingerprint density at radius 2 is 1.38 bits per heavy atom. The van der Waals surface area contributed by atoms with Crippen molar-refractivity contribution in [2.45, 2.75) is 89.4 Å². The minimum absolute atomic E-state index is 0. The van der Waals surface area contributed by atoms with Gasteiger partial charge < -0.3 is 6.15 Å². The maximum absolute atomic E-state index is 11.4. The molecule has 0 heterocycles. The molecular formula is C19H35NO3S. The van der Waals surface area contributed by atoms with Gasteiger partial charge in [0, 0.05) is 0 Å². The number of hydrogen-bond acceptors (Lipinski definition) is 3. The zero-order valence-corrected chi connectivity index (χ0v) is 16.2. The van der Waals surface area contributed by atoms with Crippen LogP contribution in [0.5, 0.6) is 0 Å². The highest BCUT2D eigenvalue weighted by Crippen LogP contribution is 2.22. The Bertz CT molecular complexity index is 556. The first-order chi connectivity index (χ1) is 11.0. The second kappa shape index (κ2) is 12.5. The summed E-state index contributed by atoms with van der Waals surface area (Å²) in [4.78, 5) is 0.0772. The third-order valence-corrected chi connectivity index (χ3v) is 5.36. The smallest absolute Gasteiger partial charge is 0.294 e. The SMILES string of the molecule is CCCCCCCCCCCCc1c(C)cccc1S(=O)(=O)O.N. The largest absolute Gasteiger partial charge is 0.344 e. The quantitative estimate of drug-likeness (QED) is 0.362. The predicted molar refractivity (Wildman–Crippen MR) is 102 cm³/mol. The van der Waals surface area contributed by atoms with Gasteiger partial charge in [-0.1, -0.05) is 76.8 Å². The Morgan fingerprint density at radius 3 is 1.88 bits per heavy atom. The van der Waals surface area contributed by atoms with Gasteiger partial charge in [-0.15, -0.1) is 0 Å². The Hall–Kier alpha value is -0.910. The number of unbranched alkanes of at least 4 members (excludes halogenated alkanes) is 9. The molecule has 0 saturated carbocycles. The normalized spacial score (nSPS) is 11.3. The molecule has 24 heavy (non-hydrogen) atoms. The molecule has 0 aliphatic rings. The van der Waals surface area contributed by atoms with Crippen LogP contribution in [0, 0.1) is 6.92 Å². The zero-order valence-electron chi connectivity index (χ0n) is 15.4. The molecule has 0 amide bonds. The van der Waals surface area contributed by atoms with E-state index in [1.807, 2.05) is 13.0 Å². The fourth-order valence-corrected chi connectivity index (χ4v) is 3.85. The molecule has 5 heteroatoms. The van der Waals surface area contributed by atoms with Gasteiger partial charge >= 0.3 is 0 Å². The van der Waals surface area contributed by atoms with Crippen LogP contribution in [0.15, 0.2) is 23.1 Å². The molecule has 4 N–H and O–H groups in total. The molecule has 0 unspecified atom stereocenters. The van der Waals surface area contributed by atoms with Crippen molar-refractivity contribution in [3.05, 3.63) is 29.3 Å².